The van der Waals surface area contributed by atoms with E-state index in [2.05, 4.69) is 5.32 Å². The lowest BCUT2D eigenvalue weighted by molar-refractivity contribution is -0.131. The van der Waals surface area contributed by atoms with Crippen molar-refractivity contribution in [1.82, 2.24) is 5.32 Å². The topological polar surface area (TPSA) is 49.3 Å². The Morgan fingerprint density at radius 3 is 2.77 bits per heavy atom. The van der Waals surface area contributed by atoms with Gasteiger partial charge < -0.3 is 10.4 Å². The molecule has 1 saturated heterocycles. The molecule has 1 heterocycles. The molecule has 0 aromatic heterocycles. The van der Waals surface area contributed by atoms with E-state index < -0.39 is 5.60 Å². The van der Waals surface area contributed by atoms with Crippen LogP contribution in [0.5, 0.6) is 0 Å². The molecule has 1 aliphatic heterocycles. The first-order valence-electron chi connectivity index (χ1n) is 5.20. The number of hydrogen-bond donors (Lipinski definition) is 2. The van der Waals surface area contributed by atoms with Crippen LogP contribution < -0.4 is 5.32 Å². The molecule has 74 valence electrons. The highest BCUT2D eigenvalue weighted by atomic mass is 16.3. The van der Waals surface area contributed by atoms with E-state index in [1.807, 2.05) is 0 Å². The third-order valence-electron chi connectivity index (χ3n) is 3.31. The first-order valence-corrected chi connectivity index (χ1v) is 5.20. The molecule has 0 bridgehead atoms. The van der Waals surface area contributed by atoms with Gasteiger partial charge in [0.2, 0.25) is 5.91 Å². The third kappa shape index (κ3) is 1.85. The van der Waals surface area contributed by atoms with Crippen molar-refractivity contribution in [2.45, 2.75) is 44.1 Å². The Morgan fingerprint density at radius 2 is 2.23 bits per heavy atom. The van der Waals surface area contributed by atoms with Crippen LogP contribution in [-0.2, 0) is 4.79 Å². The zero-order valence-electron chi connectivity index (χ0n) is 7.88. The van der Waals surface area contributed by atoms with Gasteiger partial charge in [-0.15, -0.1) is 0 Å². The highest BCUT2D eigenvalue weighted by molar-refractivity contribution is 5.79. The largest absolute Gasteiger partial charge is 0.390 e. The van der Waals surface area contributed by atoms with Crippen molar-refractivity contribution in [3.8, 4) is 0 Å². The summed E-state index contributed by atoms with van der Waals surface area (Å²) >= 11 is 0. The van der Waals surface area contributed by atoms with Gasteiger partial charge in [-0.05, 0) is 38.5 Å². The van der Waals surface area contributed by atoms with Crippen LogP contribution in [-0.4, -0.2) is 23.2 Å². The van der Waals surface area contributed by atoms with Gasteiger partial charge in [-0.25, -0.2) is 0 Å². The quantitative estimate of drug-likeness (QED) is 0.666. The Morgan fingerprint density at radius 1 is 1.46 bits per heavy atom. The van der Waals surface area contributed by atoms with Crippen molar-refractivity contribution in [2.75, 3.05) is 6.54 Å². The standard InChI is InChI=1S/C10H17NO2/c12-9-8(3-1-6-11-9)7-10(13)4-2-5-10/h8,13H,1-7H2,(H,11,12). The summed E-state index contributed by atoms with van der Waals surface area (Å²) in [5.41, 5.74) is -0.501. The second-order valence-electron chi connectivity index (χ2n) is 4.41. The Balaban J connectivity index is 1.88. The smallest absolute Gasteiger partial charge is 0.223 e. The van der Waals surface area contributed by atoms with Gasteiger partial charge in [-0.2, -0.15) is 0 Å². The Labute approximate surface area is 78.5 Å². The summed E-state index contributed by atoms with van der Waals surface area (Å²) in [4.78, 5) is 11.4. The molecule has 1 amide bonds. The van der Waals surface area contributed by atoms with Crippen LogP contribution in [0.2, 0.25) is 0 Å². The van der Waals surface area contributed by atoms with E-state index in [-0.39, 0.29) is 11.8 Å². The van der Waals surface area contributed by atoms with E-state index >= 15 is 0 Å². The van der Waals surface area contributed by atoms with Gasteiger partial charge in [-0.3, -0.25) is 4.79 Å². The molecule has 1 atom stereocenters. The summed E-state index contributed by atoms with van der Waals surface area (Å²) in [6.45, 7) is 0.813. The van der Waals surface area contributed by atoms with Crippen molar-refractivity contribution < 1.29 is 9.90 Å². The van der Waals surface area contributed by atoms with Gasteiger partial charge >= 0.3 is 0 Å². The predicted octanol–water partition coefficient (Wildman–Crippen LogP) is 0.818. The van der Waals surface area contributed by atoms with E-state index in [4.69, 9.17) is 0 Å². The van der Waals surface area contributed by atoms with Crippen LogP contribution in [0, 0.1) is 5.92 Å². The van der Waals surface area contributed by atoms with Gasteiger partial charge in [0.1, 0.15) is 0 Å². The number of piperidine rings is 1. The lowest BCUT2D eigenvalue weighted by atomic mass is 9.73. The van der Waals surface area contributed by atoms with Gasteiger partial charge in [0, 0.05) is 12.5 Å². The zero-order valence-corrected chi connectivity index (χ0v) is 7.88. The number of carbonyl (C=O) groups is 1. The van der Waals surface area contributed by atoms with E-state index in [0.29, 0.717) is 6.42 Å². The van der Waals surface area contributed by atoms with E-state index in [1.165, 1.54) is 0 Å². The minimum atomic E-state index is -0.501. The highest BCUT2D eigenvalue weighted by Gasteiger charge is 2.38. The maximum atomic E-state index is 11.4. The summed E-state index contributed by atoms with van der Waals surface area (Å²) in [5, 5.41) is 12.8. The summed E-state index contributed by atoms with van der Waals surface area (Å²) < 4.78 is 0. The SMILES string of the molecule is O=C1NCCCC1CC1(O)CCC1. The molecule has 0 radical (unpaired) electrons. The Hall–Kier alpha value is -0.570. The van der Waals surface area contributed by atoms with Crippen molar-refractivity contribution in [1.29, 1.82) is 0 Å². The summed E-state index contributed by atoms with van der Waals surface area (Å²) in [6.07, 6.45) is 5.58. The molecule has 13 heavy (non-hydrogen) atoms. The summed E-state index contributed by atoms with van der Waals surface area (Å²) in [5.74, 6) is 0.214. The molecule has 1 saturated carbocycles. The molecule has 0 spiro atoms. The zero-order chi connectivity index (χ0) is 9.31. The Bertz CT molecular complexity index is 211. The van der Waals surface area contributed by atoms with Gasteiger partial charge in [0.25, 0.3) is 0 Å². The van der Waals surface area contributed by atoms with Gasteiger partial charge in [0.05, 0.1) is 5.60 Å². The highest BCUT2D eigenvalue weighted by Crippen LogP contribution is 2.38. The maximum absolute atomic E-state index is 11.4. The molecule has 1 unspecified atom stereocenters. The monoisotopic (exact) mass is 183 g/mol. The number of hydrogen-bond acceptors (Lipinski definition) is 2. The van der Waals surface area contributed by atoms with Crippen LogP contribution in [0.4, 0.5) is 0 Å². The van der Waals surface area contributed by atoms with Crippen LogP contribution in [0.3, 0.4) is 0 Å². The lowest BCUT2D eigenvalue weighted by Crippen LogP contribution is -2.44. The van der Waals surface area contributed by atoms with E-state index in [9.17, 15) is 9.90 Å². The molecular formula is C10H17NO2. The second kappa shape index (κ2) is 3.29. The first-order chi connectivity index (χ1) is 6.20. The lowest BCUT2D eigenvalue weighted by Gasteiger charge is -2.39. The van der Waals surface area contributed by atoms with Gasteiger partial charge in [0.15, 0.2) is 0 Å². The molecule has 2 N–H and O–H groups in total. The molecular weight excluding hydrogens is 166 g/mol. The fourth-order valence-corrected chi connectivity index (χ4v) is 2.28. The van der Waals surface area contributed by atoms with E-state index in [0.717, 1.165) is 38.6 Å². The van der Waals surface area contributed by atoms with Crippen molar-refractivity contribution in [3.63, 3.8) is 0 Å². The molecule has 1 aliphatic carbocycles. The van der Waals surface area contributed by atoms with Crippen LogP contribution in [0.15, 0.2) is 0 Å². The predicted molar refractivity (Wildman–Crippen MR) is 49.2 cm³/mol. The summed E-state index contributed by atoms with van der Waals surface area (Å²) in [6, 6.07) is 0. The number of nitrogens with one attached hydrogen (secondary N) is 1. The molecule has 2 aliphatic rings. The maximum Gasteiger partial charge on any atom is 0.223 e. The normalized spacial score (nSPS) is 32.1. The number of amides is 1. The second-order valence-corrected chi connectivity index (χ2v) is 4.41. The summed E-state index contributed by atoms with van der Waals surface area (Å²) in [7, 11) is 0. The average molecular weight is 183 g/mol. The molecule has 0 aromatic carbocycles. The van der Waals surface area contributed by atoms with Gasteiger partial charge in [-0.1, -0.05) is 0 Å². The van der Waals surface area contributed by atoms with Crippen molar-refractivity contribution >= 4 is 5.91 Å². The number of carbonyl (C=O) groups excluding carboxylic acids is 1. The third-order valence-corrected chi connectivity index (χ3v) is 3.31. The van der Waals surface area contributed by atoms with E-state index in [1.54, 1.807) is 0 Å². The van der Waals surface area contributed by atoms with Crippen molar-refractivity contribution in [2.24, 2.45) is 5.92 Å². The molecule has 2 rings (SSSR count). The molecule has 0 aromatic rings. The Kier molecular flexibility index (Phi) is 2.28. The fourth-order valence-electron chi connectivity index (χ4n) is 2.28. The number of rotatable bonds is 2. The average Bonchev–Trinajstić information content (AvgIpc) is 2.06. The van der Waals surface area contributed by atoms with Crippen LogP contribution >= 0.6 is 0 Å². The molecule has 2 fully saturated rings. The fraction of sp³-hybridized carbons (Fsp3) is 0.900. The van der Waals surface area contributed by atoms with Crippen molar-refractivity contribution in [3.05, 3.63) is 0 Å². The first kappa shape index (κ1) is 9.00. The minimum Gasteiger partial charge on any atom is -0.390 e. The minimum absolute atomic E-state index is 0.0686. The van der Waals surface area contributed by atoms with Crippen LogP contribution in [0.1, 0.15) is 38.5 Å². The molecule has 3 heteroatoms. The number of aliphatic hydroxyl groups is 1. The van der Waals surface area contributed by atoms with Crippen LogP contribution in [0.25, 0.3) is 0 Å². The molecule has 3 nitrogen and oxygen atoms in total.